The molecule has 0 bridgehead atoms. The van der Waals surface area contributed by atoms with Gasteiger partial charge in [0.15, 0.2) is 0 Å². The van der Waals surface area contributed by atoms with Crippen LogP contribution in [0.4, 0.5) is 0 Å². The van der Waals surface area contributed by atoms with Crippen LogP contribution in [0.5, 0.6) is 0 Å². The number of nitrogens with two attached hydrogens (primary N) is 1. The van der Waals surface area contributed by atoms with Crippen molar-refractivity contribution in [1.82, 2.24) is 9.88 Å². The Bertz CT molecular complexity index is 244. The van der Waals surface area contributed by atoms with E-state index in [4.69, 9.17) is 5.73 Å². The second-order valence-corrected chi connectivity index (χ2v) is 3.57. The topological polar surface area (TPSA) is 42.1 Å². The fourth-order valence-electron chi connectivity index (χ4n) is 1.57. The smallest absolute Gasteiger partial charge is 0.0312 e. The average Bonchev–Trinajstić information content (AvgIpc) is 2.21. The van der Waals surface area contributed by atoms with Crippen LogP contribution in [0, 0.1) is 0 Å². The summed E-state index contributed by atoms with van der Waals surface area (Å²) in [4.78, 5) is 6.37. The monoisotopic (exact) mass is 193 g/mol. The largest absolute Gasteiger partial charge is 0.329 e. The van der Waals surface area contributed by atoms with E-state index in [0.717, 1.165) is 13.0 Å². The molecule has 3 nitrogen and oxygen atoms in total. The molecule has 0 radical (unpaired) electrons. The van der Waals surface area contributed by atoms with E-state index < -0.39 is 0 Å². The Morgan fingerprint density at radius 1 is 1.57 bits per heavy atom. The fourth-order valence-corrected chi connectivity index (χ4v) is 1.57. The molecule has 0 saturated heterocycles. The van der Waals surface area contributed by atoms with Gasteiger partial charge in [-0.25, -0.2) is 0 Å². The zero-order valence-electron chi connectivity index (χ0n) is 8.98. The van der Waals surface area contributed by atoms with Crippen molar-refractivity contribution < 1.29 is 0 Å². The van der Waals surface area contributed by atoms with Crippen molar-refractivity contribution in [2.24, 2.45) is 5.73 Å². The van der Waals surface area contributed by atoms with Gasteiger partial charge in [-0.1, -0.05) is 13.0 Å². The molecule has 1 heterocycles. The van der Waals surface area contributed by atoms with E-state index in [-0.39, 0.29) is 0 Å². The van der Waals surface area contributed by atoms with Crippen LogP contribution < -0.4 is 5.73 Å². The van der Waals surface area contributed by atoms with Gasteiger partial charge in [0.2, 0.25) is 0 Å². The maximum atomic E-state index is 5.68. The molecule has 0 amide bonds. The molecular weight excluding hydrogens is 174 g/mol. The Kier molecular flexibility index (Phi) is 4.56. The summed E-state index contributed by atoms with van der Waals surface area (Å²) in [6, 6.07) is 4.52. The third kappa shape index (κ3) is 3.09. The molecule has 0 saturated carbocycles. The molecule has 0 aliphatic rings. The van der Waals surface area contributed by atoms with Gasteiger partial charge in [0.25, 0.3) is 0 Å². The molecule has 0 aromatic carbocycles. The molecule has 0 aliphatic heterocycles. The molecule has 0 spiro atoms. The van der Waals surface area contributed by atoms with Gasteiger partial charge < -0.3 is 5.73 Å². The lowest BCUT2D eigenvalue weighted by Crippen LogP contribution is -2.36. The third-order valence-corrected chi connectivity index (χ3v) is 2.52. The first-order valence-corrected chi connectivity index (χ1v) is 5.07. The zero-order valence-corrected chi connectivity index (χ0v) is 8.98. The minimum atomic E-state index is 0.468. The van der Waals surface area contributed by atoms with Gasteiger partial charge in [0.05, 0.1) is 0 Å². The Morgan fingerprint density at radius 3 is 2.86 bits per heavy atom. The van der Waals surface area contributed by atoms with Gasteiger partial charge in [0, 0.05) is 31.5 Å². The Balaban J connectivity index is 2.52. The molecule has 3 heteroatoms. The Morgan fingerprint density at radius 2 is 2.36 bits per heavy atom. The van der Waals surface area contributed by atoms with E-state index in [0.29, 0.717) is 12.6 Å². The quantitative estimate of drug-likeness (QED) is 0.765. The number of nitrogens with zero attached hydrogens (tertiary/aromatic N) is 2. The van der Waals surface area contributed by atoms with Crippen molar-refractivity contribution in [1.29, 1.82) is 0 Å². The summed E-state index contributed by atoms with van der Waals surface area (Å²) in [7, 11) is 2.11. The minimum Gasteiger partial charge on any atom is -0.329 e. The fraction of sp³-hybridized carbons (Fsp3) is 0.545. The van der Waals surface area contributed by atoms with E-state index in [1.807, 2.05) is 12.3 Å². The number of hydrogen-bond acceptors (Lipinski definition) is 3. The molecule has 1 atom stereocenters. The standard InChI is InChI=1S/C11H19N3/c1-3-11(7-12)14(2)9-10-5-4-6-13-8-10/h4-6,8,11H,3,7,9,12H2,1-2H3. The zero-order chi connectivity index (χ0) is 10.4. The normalized spacial score (nSPS) is 13.1. The first-order chi connectivity index (χ1) is 6.77. The van der Waals surface area contributed by atoms with Gasteiger partial charge in [-0.3, -0.25) is 9.88 Å². The molecule has 14 heavy (non-hydrogen) atoms. The first kappa shape index (κ1) is 11.1. The van der Waals surface area contributed by atoms with Gasteiger partial charge >= 0.3 is 0 Å². The minimum absolute atomic E-state index is 0.468. The van der Waals surface area contributed by atoms with Crippen molar-refractivity contribution >= 4 is 0 Å². The van der Waals surface area contributed by atoms with E-state index in [2.05, 4.69) is 29.9 Å². The maximum absolute atomic E-state index is 5.68. The van der Waals surface area contributed by atoms with Crippen LogP contribution >= 0.6 is 0 Å². The van der Waals surface area contributed by atoms with Crippen LogP contribution in [-0.4, -0.2) is 29.5 Å². The molecule has 1 aromatic heterocycles. The number of rotatable bonds is 5. The predicted octanol–water partition coefficient (Wildman–Crippen LogP) is 1.25. The highest BCUT2D eigenvalue weighted by Gasteiger charge is 2.10. The van der Waals surface area contributed by atoms with Crippen LogP contribution in [-0.2, 0) is 6.54 Å². The number of likely N-dealkylation sites (N-methyl/N-ethyl adjacent to an activating group) is 1. The number of aromatic nitrogens is 1. The molecule has 1 aromatic rings. The van der Waals surface area contributed by atoms with Gasteiger partial charge in [-0.15, -0.1) is 0 Å². The molecule has 0 aliphatic carbocycles. The second kappa shape index (κ2) is 5.73. The summed E-state index contributed by atoms with van der Waals surface area (Å²) in [5.74, 6) is 0. The van der Waals surface area contributed by atoms with Crippen molar-refractivity contribution in [2.75, 3.05) is 13.6 Å². The first-order valence-electron chi connectivity index (χ1n) is 5.07. The van der Waals surface area contributed by atoms with E-state index in [9.17, 15) is 0 Å². The lowest BCUT2D eigenvalue weighted by atomic mass is 10.2. The lowest BCUT2D eigenvalue weighted by Gasteiger charge is -2.25. The van der Waals surface area contributed by atoms with Crippen LogP contribution in [0.1, 0.15) is 18.9 Å². The van der Waals surface area contributed by atoms with Crippen molar-refractivity contribution in [3.63, 3.8) is 0 Å². The molecule has 1 rings (SSSR count). The second-order valence-electron chi connectivity index (χ2n) is 3.57. The van der Waals surface area contributed by atoms with Crippen molar-refractivity contribution in [3.05, 3.63) is 30.1 Å². The van der Waals surface area contributed by atoms with Crippen LogP contribution in [0.2, 0.25) is 0 Å². The van der Waals surface area contributed by atoms with Crippen LogP contribution in [0.15, 0.2) is 24.5 Å². The predicted molar refractivity (Wildman–Crippen MR) is 58.8 cm³/mol. The highest BCUT2D eigenvalue weighted by atomic mass is 15.1. The van der Waals surface area contributed by atoms with Crippen molar-refractivity contribution in [3.8, 4) is 0 Å². The molecule has 1 unspecified atom stereocenters. The molecule has 2 N–H and O–H groups in total. The van der Waals surface area contributed by atoms with Crippen LogP contribution in [0.3, 0.4) is 0 Å². The maximum Gasteiger partial charge on any atom is 0.0312 e. The number of pyridine rings is 1. The summed E-state index contributed by atoms with van der Waals surface area (Å²) in [5, 5.41) is 0. The van der Waals surface area contributed by atoms with Crippen LogP contribution in [0.25, 0.3) is 0 Å². The summed E-state index contributed by atoms with van der Waals surface area (Å²) >= 11 is 0. The highest BCUT2D eigenvalue weighted by molar-refractivity contribution is 5.08. The summed E-state index contributed by atoms with van der Waals surface area (Å²) < 4.78 is 0. The highest BCUT2D eigenvalue weighted by Crippen LogP contribution is 2.06. The van der Waals surface area contributed by atoms with Crippen molar-refractivity contribution in [2.45, 2.75) is 25.9 Å². The van der Waals surface area contributed by atoms with E-state index >= 15 is 0 Å². The van der Waals surface area contributed by atoms with Gasteiger partial charge in [0.1, 0.15) is 0 Å². The summed E-state index contributed by atoms with van der Waals surface area (Å²) in [5.41, 5.74) is 6.92. The van der Waals surface area contributed by atoms with Gasteiger partial charge in [-0.2, -0.15) is 0 Å². The lowest BCUT2D eigenvalue weighted by molar-refractivity contribution is 0.232. The summed E-state index contributed by atoms with van der Waals surface area (Å²) in [6.07, 6.45) is 4.79. The SMILES string of the molecule is CCC(CN)N(C)Cc1cccnc1. The van der Waals surface area contributed by atoms with E-state index in [1.165, 1.54) is 5.56 Å². The van der Waals surface area contributed by atoms with E-state index in [1.54, 1.807) is 6.20 Å². The third-order valence-electron chi connectivity index (χ3n) is 2.52. The number of hydrogen-bond donors (Lipinski definition) is 1. The summed E-state index contributed by atoms with van der Waals surface area (Å²) in [6.45, 7) is 3.80. The molecule has 78 valence electrons. The Labute approximate surface area is 85.9 Å². The van der Waals surface area contributed by atoms with Gasteiger partial charge in [-0.05, 0) is 25.1 Å². The average molecular weight is 193 g/mol. The molecular formula is C11H19N3. The Hall–Kier alpha value is -0.930. The molecule has 0 fully saturated rings.